The molecule has 1 aromatic carbocycles. The van der Waals surface area contributed by atoms with Gasteiger partial charge in [-0.2, -0.15) is 0 Å². The van der Waals surface area contributed by atoms with E-state index >= 15 is 0 Å². The van der Waals surface area contributed by atoms with Crippen LogP contribution in [-0.4, -0.2) is 43.5 Å². The molecule has 2 aromatic rings. The molecule has 1 aromatic heterocycles. The Morgan fingerprint density at radius 2 is 1.85 bits per heavy atom. The minimum Gasteiger partial charge on any atom is -0.497 e. The molecule has 3 rings (SSSR count). The normalized spacial score (nSPS) is 19.5. The number of benzene rings is 1. The van der Waals surface area contributed by atoms with E-state index in [1.54, 1.807) is 7.11 Å². The summed E-state index contributed by atoms with van der Waals surface area (Å²) in [6.07, 6.45) is 2.07. The summed E-state index contributed by atoms with van der Waals surface area (Å²) < 4.78 is 22.7. The number of aromatic nitrogens is 1. The third-order valence-electron chi connectivity index (χ3n) is 5.53. The second kappa shape index (κ2) is 6.63. The lowest BCUT2D eigenvalue weighted by atomic mass is 9.66. The minimum absolute atomic E-state index is 0.164. The number of methoxy groups -OCH3 is 2. The second-order valence-electron chi connectivity index (χ2n) is 7.67. The Bertz CT molecular complexity index is 797. The van der Waals surface area contributed by atoms with Crippen LogP contribution in [0.3, 0.4) is 0 Å². The molecule has 1 N–H and O–H groups in total. The summed E-state index contributed by atoms with van der Waals surface area (Å²) in [7, 11) is 2.47. The van der Waals surface area contributed by atoms with Gasteiger partial charge in [-0.15, -0.1) is 0 Å². The van der Waals surface area contributed by atoms with Crippen LogP contribution in [0.4, 0.5) is 0 Å². The second-order valence-corrected chi connectivity index (χ2v) is 7.67. The number of carbonyl (C=O) groups excluding carboxylic acids is 1. The summed E-state index contributed by atoms with van der Waals surface area (Å²) in [5, 5.41) is 0.980. The summed E-state index contributed by atoms with van der Waals surface area (Å²) in [5.41, 5.74) is 0.959. The number of fused-ring (bicyclic) bond motifs is 1. The third-order valence-corrected chi connectivity index (χ3v) is 5.53. The molecule has 1 saturated heterocycles. The number of ether oxygens (including phenoxy) is 2. The highest BCUT2D eigenvalue weighted by Gasteiger charge is 2.54. The monoisotopic (exact) mass is 359 g/mol. The zero-order chi connectivity index (χ0) is 19.1. The average Bonchev–Trinajstić information content (AvgIpc) is 3.09. The smallest absolute Gasteiger partial charge is 0.466 e. The summed E-state index contributed by atoms with van der Waals surface area (Å²) in [6.45, 7) is 8.00. The fourth-order valence-corrected chi connectivity index (χ4v) is 3.22. The molecule has 1 aliphatic heterocycles. The van der Waals surface area contributed by atoms with E-state index in [2.05, 4.69) is 4.98 Å². The SMILES string of the molecule is COC(=O)CC(B1OC(C)(C)C(C)(C)O1)c1c[nH]c2ccc(OC)cc12. The maximum Gasteiger partial charge on any atom is 0.466 e. The van der Waals surface area contributed by atoms with Crippen LogP contribution in [0.1, 0.15) is 45.5 Å². The lowest BCUT2D eigenvalue weighted by Gasteiger charge is -2.32. The van der Waals surface area contributed by atoms with Crippen molar-refractivity contribution in [3.05, 3.63) is 30.0 Å². The van der Waals surface area contributed by atoms with Crippen LogP contribution in [0.15, 0.2) is 24.4 Å². The number of carbonyl (C=O) groups is 1. The van der Waals surface area contributed by atoms with E-state index < -0.39 is 18.3 Å². The lowest BCUT2D eigenvalue weighted by Crippen LogP contribution is -2.41. The quantitative estimate of drug-likeness (QED) is 0.654. The van der Waals surface area contributed by atoms with Crippen molar-refractivity contribution in [1.29, 1.82) is 0 Å². The van der Waals surface area contributed by atoms with Crippen LogP contribution in [-0.2, 0) is 18.8 Å². The number of nitrogens with one attached hydrogen (secondary N) is 1. The molecule has 1 aliphatic rings. The topological polar surface area (TPSA) is 69.8 Å². The van der Waals surface area contributed by atoms with Gasteiger partial charge in [0.2, 0.25) is 0 Å². The van der Waals surface area contributed by atoms with Crippen molar-refractivity contribution in [1.82, 2.24) is 4.98 Å². The Morgan fingerprint density at radius 3 is 2.42 bits per heavy atom. The van der Waals surface area contributed by atoms with Gasteiger partial charge in [-0.05, 0) is 51.5 Å². The number of hydrogen-bond donors (Lipinski definition) is 1. The summed E-state index contributed by atoms with van der Waals surface area (Å²) in [6, 6.07) is 5.81. The third kappa shape index (κ3) is 3.21. The average molecular weight is 359 g/mol. The molecule has 140 valence electrons. The summed E-state index contributed by atoms with van der Waals surface area (Å²) >= 11 is 0. The molecular weight excluding hydrogens is 333 g/mol. The predicted molar refractivity (Wildman–Crippen MR) is 100 cm³/mol. The highest BCUT2D eigenvalue weighted by molar-refractivity contribution is 6.48. The van der Waals surface area contributed by atoms with Gasteiger partial charge in [-0.3, -0.25) is 4.79 Å². The fourth-order valence-electron chi connectivity index (χ4n) is 3.22. The Hall–Kier alpha value is -1.99. The predicted octanol–water partition coefficient (Wildman–Crippen LogP) is 3.45. The largest absolute Gasteiger partial charge is 0.497 e. The molecule has 0 aliphatic carbocycles. The standard InChI is InChI=1S/C19H26BNO5/c1-18(2)19(3,4)26-20(25-18)15(10-17(22)24-6)14-11-21-16-8-7-12(23-5)9-13(14)16/h7-9,11,15,21H,10H2,1-6H3. The molecular formula is C19H26BNO5. The minimum atomic E-state index is -0.552. The van der Waals surface area contributed by atoms with Crippen molar-refractivity contribution < 1.29 is 23.6 Å². The van der Waals surface area contributed by atoms with Gasteiger partial charge in [0.05, 0.1) is 31.8 Å². The van der Waals surface area contributed by atoms with Crippen molar-refractivity contribution in [2.45, 2.75) is 51.1 Å². The molecule has 7 heteroatoms. The number of aromatic amines is 1. The number of esters is 1. The van der Waals surface area contributed by atoms with Crippen molar-refractivity contribution in [3.63, 3.8) is 0 Å². The van der Waals surface area contributed by atoms with E-state index in [4.69, 9.17) is 18.8 Å². The van der Waals surface area contributed by atoms with Crippen LogP contribution in [0, 0.1) is 0 Å². The van der Waals surface area contributed by atoms with Gasteiger partial charge >= 0.3 is 13.1 Å². The molecule has 1 fully saturated rings. The Kier molecular flexibility index (Phi) is 4.79. The molecule has 0 radical (unpaired) electrons. The van der Waals surface area contributed by atoms with Crippen molar-refractivity contribution in [2.75, 3.05) is 14.2 Å². The molecule has 26 heavy (non-hydrogen) atoms. The molecule has 1 unspecified atom stereocenters. The molecule has 1 atom stereocenters. The van der Waals surface area contributed by atoms with E-state index in [9.17, 15) is 4.79 Å². The van der Waals surface area contributed by atoms with Crippen LogP contribution in [0.5, 0.6) is 5.75 Å². The van der Waals surface area contributed by atoms with E-state index in [0.29, 0.717) is 0 Å². The first kappa shape index (κ1) is 18.8. The van der Waals surface area contributed by atoms with E-state index in [1.165, 1.54) is 7.11 Å². The molecule has 0 saturated carbocycles. The summed E-state index contributed by atoms with van der Waals surface area (Å²) in [4.78, 5) is 15.3. The highest BCUT2D eigenvalue weighted by atomic mass is 16.7. The highest BCUT2D eigenvalue weighted by Crippen LogP contribution is 2.43. The molecule has 0 bridgehead atoms. The number of rotatable bonds is 5. The van der Waals surface area contributed by atoms with Crippen LogP contribution < -0.4 is 4.74 Å². The zero-order valence-corrected chi connectivity index (χ0v) is 16.2. The first-order valence-corrected chi connectivity index (χ1v) is 8.76. The van der Waals surface area contributed by atoms with Crippen molar-refractivity contribution >= 4 is 24.0 Å². The molecule has 0 spiro atoms. The maximum absolute atomic E-state index is 12.1. The fraction of sp³-hybridized carbons (Fsp3) is 0.526. The van der Waals surface area contributed by atoms with Crippen LogP contribution in [0.25, 0.3) is 10.9 Å². The van der Waals surface area contributed by atoms with Gasteiger partial charge in [0.1, 0.15) is 5.75 Å². The first-order valence-electron chi connectivity index (χ1n) is 8.76. The van der Waals surface area contributed by atoms with Crippen LogP contribution >= 0.6 is 0 Å². The van der Waals surface area contributed by atoms with E-state index in [0.717, 1.165) is 22.2 Å². The Morgan fingerprint density at radius 1 is 1.19 bits per heavy atom. The lowest BCUT2D eigenvalue weighted by molar-refractivity contribution is -0.140. The van der Waals surface area contributed by atoms with Crippen molar-refractivity contribution in [3.8, 4) is 5.75 Å². The molecule has 6 nitrogen and oxygen atoms in total. The van der Waals surface area contributed by atoms with Gasteiger partial charge in [-0.1, -0.05) is 0 Å². The molecule has 0 amide bonds. The van der Waals surface area contributed by atoms with E-state index in [-0.39, 0.29) is 18.2 Å². The molecule has 2 heterocycles. The van der Waals surface area contributed by atoms with Gasteiger partial charge < -0.3 is 23.8 Å². The first-order chi connectivity index (χ1) is 12.2. The van der Waals surface area contributed by atoms with Gasteiger partial charge in [0.15, 0.2) is 0 Å². The maximum atomic E-state index is 12.1. The van der Waals surface area contributed by atoms with Gasteiger partial charge in [0, 0.05) is 22.9 Å². The Labute approximate surface area is 154 Å². The van der Waals surface area contributed by atoms with Gasteiger partial charge in [0.25, 0.3) is 0 Å². The number of hydrogen-bond acceptors (Lipinski definition) is 5. The van der Waals surface area contributed by atoms with Crippen LogP contribution in [0.2, 0.25) is 0 Å². The summed E-state index contributed by atoms with van der Waals surface area (Å²) in [5.74, 6) is 0.149. The van der Waals surface area contributed by atoms with Crippen molar-refractivity contribution in [2.24, 2.45) is 0 Å². The Balaban J connectivity index is 2.04. The number of H-pyrrole nitrogens is 1. The van der Waals surface area contributed by atoms with Gasteiger partial charge in [-0.25, -0.2) is 0 Å². The van der Waals surface area contributed by atoms with E-state index in [1.807, 2.05) is 52.1 Å². The zero-order valence-electron chi connectivity index (χ0n) is 16.2.